The van der Waals surface area contributed by atoms with Crippen LogP contribution < -0.4 is 5.32 Å². The average molecular weight is 330 g/mol. The number of benzene rings is 1. The minimum absolute atomic E-state index is 0.177. The summed E-state index contributed by atoms with van der Waals surface area (Å²) in [6.07, 6.45) is 3.11. The molecule has 3 amide bonds. The van der Waals surface area contributed by atoms with Crippen LogP contribution in [0.2, 0.25) is 0 Å². The lowest BCUT2D eigenvalue weighted by molar-refractivity contribution is -0.124. The van der Waals surface area contributed by atoms with Crippen molar-refractivity contribution in [3.05, 3.63) is 48.3 Å². The number of carbonyl (C=O) groups is 3. The summed E-state index contributed by atoms with van der Waals surface area (Å²) in [6, 6.07) is 9.45. The number of thioether (sulfide) groups is 1. The van der Waals surface area contributed by atoms with Gasteiger partial charge in [0.25, 0.3) is 11.1 Å². The zero-order valence-corrected chi connectivity index (χ0v) is 13.0. The largest absolute Gasteiger partial charge is 0.350 e. The number of hydrogen-bond acceptors (Lipinski definition) is 5. The third-order valence-corrected chi connectivity index (χ3v) is 4.19. The van der Waals surface area contributed by atoms with E-state index in [0.717, 1.165) is 22.3 Å². The van der Waals surface area contributed by atoms with E-state index >= 15 is 0 Å². The molecule has 0 unspecified atom stereocenters. The lowest BCUT2D eigenvalue weighted by atomic mass is 10.3. The Kier molecular flexibility index (Phi) is 4.42. The van der Waals surface area contributed by atoms with Gasteiger partial charge in [0.2, 0.25) is 5.91 Å². The normalized spacial score (nSPS) is 14.3. The number of carbonyl (C=O) groups excluding carboxylic acids is 3. The summed E-state index contributed by atoms with van der Waals surface area (Å²) in [4.78, 5) is 36.1. The summed E-state index contributed by atoms with van der Waals surface area (Å²) in [7, 11) is 0. The van der Waals surface area contributed by atoms with Gasteiger partial charge in [0.15, 0.2) is 0 Å². The smallest absolute Gasteiger partial charge is 0.288 e. The summed E-state index contributed by atoms with van der Waals surface area (Å²) >= 11 is 0.981. The number of imide groups is 1. The molecule has 0 saturated carbocycles. The van der Waals surface area contributed by atoms with Crippen LogP contribution in [0.25, 0.3) is 5.69 Å². The monoisotopic (exact) mass is 330 g/mol. The van der Waals surface area contributed by atoms with Crippen molar-refractivity contribution < 1.29 is 14.4 Å². The second-order valence-corrected chi connectivity index (χ2v) is 5.79. The molecule has 2 aromatic rings. The van der Waals surface area contributed by atoms with E-state index in [1.165, 1.54) is 6.20 Å². The number of rotatable bonds is 5. The molecule has 118 valence electrons. The van der Waals surface area contributed by atoms with Gasteiger partial charge in [-0.15, -0.1) is 0 Å². The van der Waals surface area contributed by atoms with Crippen molar-refractivity contribution in [2.75, 3.05) is 18.8 Å². The number of hydrogen-bond donors (Lipinski definition) is 1. The molecule has 0 atom stereocenters. The molecule has 3 rings (SSSR count). The molecule has 1 aromatic carbocycles. The first kappa shape index (κ1) is 15.3. The molecule has 1 aliphatic rings. The minimum Gasteiger partial charge on any atom is -0.350 e. The predicted octanol–water partition coefficient (Wildman–Crippen LogP) is 1.30. The molecule has 1 saturated heterocycles. The standard InChI is InChI=1S/C15H14N4O3S/c20-13-10-23-15(22)18(13)7-6-16-14(21)11-8-17-19(9-11)12-4-2-1-3-5-12/h1-5,8-9H,6-7,10H2,(H,16,21). The highest BCUT2D eigenvalue weighted by atomic mass is 32.2. The molecule has 23 heavy (non-hydrogen) atoms. The van der Waals surface area contributed by atoms with Gasteiger partial charge < -0.3 is 5.32 Å². The van der Waals surface area contributed by atoms with Gasteiger partial charge in [-0.25, -0.2) is 4.68 Å². The van der Waals surface area contributed by atoms with Crippen LogP contribution in [-0.2, 0) is 4.79 Å². The van der Waals surface area contributed by atoms with Crippen molar-refractivity contribution in [3.8, 4) is 5.69 Å². The zero-order valence-electron chi connectivity index (χ0n) is 12.1. The van der Waals surface area contributed by atoms with E-state index in [-0.39, 0.29) is 35.9 Å². The van der Waals surface area contributed by atoms with Gasteiger partial charge in [-0.3, -0.25) is 19.3 Å². The average Bonchev–Trinajstić information content (AvgIpc) is 3.18. The fourth-order valence-electron chi connectivity index (χ4n) is 2.14. The summed E-state index contributed by atoms with van der Waals surface area (Å²) in [5.41, 5.74) is 1.28. The Morgan fingerprint density at radius 2 is 2.04 bits per heavy atom. The molecule has 7 nitrogen and oxygen atoms in total. The van der Waals surface area contributed by atoms with E-state index in [2.05, 4.69) is 10.4 Å². The summed E-state index contributed by atoms with van der Waals surface area (Å²) in [6.45, 7) is 0.399. The fraction of sp³-hybridized carbons (Fsp3) is 0.200. The van der Waals surface area contributed by atoms with E-state index < -0.39 is 0 Å². The minimum atomic E-state index is -0.293. The quantitative estimate of drug-likeness (QED) is 0.893. The topological polar surface area (TPSA) is 84.3 Å². The first-order valence-corrected chi connectivity index (χ1v) is 7.99. The van der Waals surface area contributed by atoms with E-state index in [9.17, 15) is 14.4 Å². The SMILES string of the molecule is O=C(NCCN1C(=O)CSC1=O)c1cnn(-c2ccccc2)c1. The highest BCUT2D eigenvalue weighted by Gasteiger charge is 2.29. The lowest BCUT2D eigenvalue weighted by Crippen LogP contribution is -2.37. The van der Waals surface area contributed by atoms with Crippen molar-refractivity contribution in [2.45, 2.75) is 0 Å². The lowest BCUT2D eigenvalue weighted by Gasteiger charge is -2.12. The maximum atomic E-state index is 12.1. The van der Waals surface area contributed by atoms with Crippen LogP contribution in [0.15, 0.2) is 42.7 Å². The molecule has 2 heterocycles. The maximum absolute atomic E-state index is 12.1. The third-order valence-electron chi connectivity index (χ3n) is 3.33. The van der Waals surface area contributed by atoms with Crippen molar-refractivity contribution >= 4 is 28.8 Å². The summed E-state index contributed by atoms with van der Waals surface area (Å²) in [5.74, 6) is -0.332. The molecule has 1 aliphatic heterocycles. The van der Waals surface area contributed by atoms with Gasteiger partial charge >= 0.3 is 0 Å². The van der Waals surface area contributed by atoms with Crippen LogP contribution in [0, 0.1) is 0 Å². The van der Waals surface area contributed by atoms with Crippen LogP contribution in [0.1, 0.15) is 10.4 Å². The molecule has 0 aliphatic carbocycles. The first-order valence-electron chi connectivity index (χ1n) is 7.00. The Morgan fingerprint density at radius 1 is 1.26 bits per heavy atom. The van der Waals surface area contributed by atoms with Crippen molar-refractivity contribution in [2.24, 2.45) is 0 Å². The Bertz CT molecular complexity index is 728. The van der Waals surface area contributed by atoms with Crippen molar-refractivity contribution in [3.63, 3.8) is 0 Å². The van der Waals surface area contributed by atoms with Gasteiger partial charge in [-0.1, -0.05) is 30.0 Å². The Balaban J connectivity index is 1.56. The Labute approximate surface area is 136 Å². The molecule has 1 aromatic heterocycles. The summed E-state index contributed by atoms with van der Waals surface area (Å²) in [5, 5.41) is 6.57. The van der Waals surface area contributed by atoms with Crippen LogP contribution >= 0.6 is 11.8 Å². The fourth-order valence-corrected chi connectivity index (χ4v) is 2.89. The first-order chi connectivity index (χ1) is 11.1. The van der Waals surface area contributed by atoms with Crippen LogP contribution in [-0.4, -0.2) is 50.6 Å². The molecule has 0 bridgehead atoms. The third kappa shape index (κ3) is 3.42. The van der Waals surface area contributed by atoms with Crippen molar-refractivity contribution in [1.82, 2.24) is 20.0 Å². The van der Waals surface area contributed by atoms with Gasteiger partial charge in [0.1, 0.15) is 0 Å². The van der Waals surface area contributed by atoms with E-state index in [1.54, 1.807) is 10.9 Å². The Morgan fingerprint density at radius 3 is 2.74 bits per heavy atom. The van der Waals surface area contributed by atoms with Gasteiger partial charge in [0.05, 0.1) is 23.2 Å². The molecule has 8 heteroatoms. The second-order valence-electron chi connectivity index (χ2n) is 4.86. The van der Waals surface area contributed by atoms with Crippen LogP contribution in [0.5, 0.6) is 0 Å². The number of amides is 3. The molecule has 0 radical (unpaired) electrons. The van der Waals surface area contributed by atoms with Crippen LogP contribution in [0.4, 0.5) is 4.79 Å². The van der Waals surface area contributed by atoms with Gasteiger partial charge in [-0.2, -0.15) is 5.10 Å². The van der Waals surface area contributed by atoms with Crippen molar-refractivity contribution in [1.29, 1.82) is 0 Å². The second kappa shape index (κ2) is 6.66. The number of nitrogens with one attached hydrogen (secondary N) is 1. The zero-order chi connectivity index (χ0) is 16.2. The highest BCUT2D eigenvalue weighted by molar-refractivity contribution is 8.14. The molecular formula is C15H14N4O3S. The molecule has 1 fully saturated rings. The summed E-state index contributed by atoms with van der Waals surface area (Å²) < 4.78 is 1.61. The van der Waals surface area contributed by atoms with Gasteiger partial charge in [0, 0.05) is 19.3 Å². The highest BCUT2D eigenvalue weighted by Crippen LogP contribution is 2.17. The maximum Gasteiger partial charge on any atom is 0.288 e. The predicted molar refractivity (Wildman–Crippen MR) is 85.5 cm³/mol. The molecule has 1 N–H and O–H groups in total. The molecule has 0 spiro atoms. The van der Waals surface area contributed by atoms with Gasteiger partial charge in [-0.05, 0) is 12.1 Å². The number of nitrogens with zero attached hydrogens (tertiary/aromatic N) is 3. The van der Waals surface area contributed by atoms with E-state index in [4.69, 9.17) is 0 Å². The number of para-hydroxylation sites is 1. The van der Waals surface area contributed by atoms with E-state index in [1.807, 2.05) is 30.3 Å². The van der Waals surface area contributed by atoms with E-state index in [0.29, 0.717) is 5.56 Å². The Hall–Kier alpha value is -2.61. The van der Waals surface area contributed by atoms with Crippen LogP contribution in [0.3, 0.4) is 0 Å². The number of aromatic nitrogens is 2. The molecular weight excluding hydrogens is 316 g/mol.